The van der Waals surface area contributed by atoms with Gasteiger partial charge in [-0.05, 0) is 56.4 Å². The molecule has 1 aliphatic rings. The topological polar surface area (TPSA) is 41.6 Å². The number of hydrogen-bond donors (Lipinski definition) is 1. The molecule has 1 N–H and O–H groups in total. The summed E-state index contributed by atoms with van der Waals surface area (Å²) in [5.41, 5.74) is 0.712. The standard InChI is InChI=1S/C20H26N2O2/c1-24-19-11-10-18(16-8-3-4-9-17(16)19)20(23)21-12-7-15-22-13-5-2-6-14-22/h3-4,8-11H,2,5-7,12-15H2,1H3,(H,21,23). The molecule has 0 aliphatic carbocycles. The smallest absolute Gasteiger partial charge is 0.251 e. The highest BCUT2D eigenvalue weighted by atomic mass is 16.5. The highest BCUT2D eigenvalue weighted by Gasteiger charge is 2.13. The van der Waals surface area contributed by atoms with E-state index in [4.69, 9.17) is 4.74 Å². The van der Waals surface area contributed by atoms with E-state index in [1.807, 2.05) is 36.4 Å². The van der Waals surface area contributed by atoms with Crippen molar-refractivity contribution < 1.29 is 9.53 Å². The van der Waals surface area contributed by atoms with Gasteiger partial charge in [0, 0.05) is 17.5 Å². The normalized spacial score (nSPS) is 15.4. The van der Waals surface area contributed by atoms with Crippen molar-refractivity contribution in [3.8, 4) is 5.75 Å². The third-order valence-electron chi connectivity index (χ3n) is 4.73. The predicted molar refractivity (Wildman–Crippen MR) is 97.7 cm³/mol. The van der Waals surface area contributed by atoms with E-state index in [-0.39, 0.29) is 5.91 Å². The molecule has 2 aromatic rings. The van der Waals surface area contributed by atoms with Crippen molar-refractivity contribution in [2.45, 2.75) is 25.7 Å². The van der Waals surface area contributed by atoms with Gasteiger partial charge in [0.1, 0.15) is 5.75 Å². The van der Waals surface area contributed by atoms with E-state index in [1.165, 1.54) is 32.4 Å². The van der Waals surface area contributed by atoms with Crippen LogP contribution in [-0.2, 0) is 0 Å². The fourth-order valence-corrected chi connectivity index (χ4v) is 3.43. The van der Waals surface area contributed by atoms with Gasteiger partial charge in [0.15, 0.2) is 0 Å². The maximum absolute atomic E-state index is 12.5. The van der Waals surface area contributed by atoms with Gasteiger partial charge in [-0.15, -0.1) is 0 Å². The second-order valence-corrected chi connectivity index (χ2v) is 6.37. The number of carbonyl (C=O) groups is 1. The summed E-state index contributed by atoms with van der Waals surface area (Å²) in [4.78, 5) is 15.0. The molecule has 4 heteroatoms. The van der Waals surface area contributed by atoms with Crippen LogP contribution in [0, 0.1) is 0 Å². The second kappa shape index (κ2) is 8.15. The van der Waals surface area contributed by atoms with Crippen molar-refractivity contribution in [2.24, 2.45) is 0 Å². The molecule has 0 spiro atoms. The van der Waals surface area contributed by atoms with Crippen LogP contribution >= 0.6 is 0 Å². The first-order valence-corrected chi connectivity index (χ1v) is 8.86. The molecule has 1 fully saturated rings. The SMILES string of the molecule is COc1ccc(C(=O)NCCCN2CCCCC2)c2ccccc12. The molecule has 0 atom stereocenters. The average Bonchev–Trinajstić information content (AvgIpc) is 2.65. The lowest BCUT2D eigenvalue weighted by molar-refractivity contribution is 0.0952. The van der Waals surface area contributed by atoms with Gasteiger partial charge in [0.05, 0.1) is 7.11 Å². The lowest BCUT2D eigenvalue weighted by Crippen LogP contribution is -2.33. The number of fused-ring (bicyclic) bond motifs is 1. The lowest BCUT2D eigenvalue weighted by atomic mass is 10.0. The van der Waals surface area contributed by atoms with Gasteiger partial charge in [0.25, 0.3) is 5.91 Å². The summed E-state index contributed by atoms with van der Waals surface area (Å²) in [7, 11) is 1.65. The van der Waals surface area contributed by atoms with Crippen molar-refractivity contribution in [2.75, 3.05) is 33.3 Å². The van der Waals surface area contributed by atoms with E-state index in [1.54, 1.807) is 7.11 Å². The largest absolute Gasteiger partial charge is 0.496 e. The first-order valence-electron chi connectivity index (χ1n) is 8.86. The highest BCUT2D eigenvalue weighted by Crippen LogP contribution is 2.28. The van der Waals surface area contributed by atoms with Gasteiger partial charge in [-0.3, -0.25) is 4.79 Å². The Hall–Kier alpha value is -2.07. The lowest BCUT2D eigenvalue weighted by Gasteiger charge is -2.26. The fraction of sp³-hybridized carbons (Fsp3) is 0.450. The number of benzene rings is 2. The molecule has 2 aromatic carbocycles. The Balaban J connectivity index is 1.60. The number of methoxy groups -OCH3 is 1. The third-order valence-corrected chi connectivity index (χ3v) is 4.73. The summed E-state index contributed by atoms with van der Waals surface area (Å²) < 4.78 is 5.39. The number of piperidine rings is 1. The molecule has 0 saturated carbocycles. The van der Waals surface area contributed by atoms with Crippen LogP contribution in [-0.4, -0.2) is 44.1 Å². The third kappa shape index (κ3) is 3.88. The Labute approximate surface area is 143 Å². The van der Waals surface area contributed by atoms with Gasteiger partial charge < -0.3 is 15.0 Å². The first kappa shape index (κ1) is 16.8. The molecule has 4 nitrogen and oxygen atoms in total. The first-order chi connectivity index (χ1) is 11.8. The molecule has 3 rings (SSSR count). The molecule has 0 unspecified atom stereocenters. The maximum atomic E-state index is 12.5. The van der Waals surface area contributed by atoms with E-state index in [2.05, 4.69) is 10.2 Å². The van der Waals surface area contributed by atoms with Crippen molar-refractivity contribution in [3.63, 3.8) is 0 Å². The quantitative estimate of drug-likeness (QED) is 0.827. The van der Waals surface area contributed by atoms with Crippen LogP contribution in [0.4, 0.5) is 0 Å². The van der Waals surface area contributed by atoms with E-state index >= 15 is 0 Å². The molecule has 1 aliphatic heterocycles. The number of rotatable bonds is 6. The fourth-order valence-electron chi connectivity index (χ4n) is 3.43. The molecular weight excluding hydrogens is 300 g/mol. The Morgan fingerprint density at radius 2 is 1.83 bits per heavy atom. The van der Waals surface area contributed by atoms with Crippen LogP contribution < -0.4 is 10.1 Å². The van der Waals surface area contributed by atoms with E-state index in [0.29, 0.717) is 5.56 Å². The summed E-state index contributed by atoms with van der Waals surface area (Å²) in [5, 5.41) is 4.97. The minimum Gasteiger partial charge on any atom is -0.496 e. The van der Waals surface area contributed by atoms with Gasteiger partial charge in [-0.25, -0.2) is 0 Å². The van der Waals surface area contributed by atoms with Crippen molar-refractivity contribution in [1.82, 2.24) is 10.2 Å². The number of ether oxygens (including phenoxy) is 1. The zero-order valence-electron chi connectivity index (χ0n) is 14.4. The molecule has 0 radical (unpaired) electrons. The van der Waals surface area contributed by atoms with Crippen LogP contribution in [0.3, 0.4) is 0 Å². The summed E-state index contributed by atoms with van der Waals surface area (Å²) in [6.45, 7) is 4.20. The zero-order valence-corrected chi connectivity index (χ0v) is 14.4. The number of carbonyl (C=O) groups excluding carboxylic acids is 1. The van der Waals surface area contributed by atoms with Gasteiger partial charge in [0.2, 0.25) is 0 Å². The van der Waals surface area contributed by atoms with E-state index in [0.717, 1.165) is 36.0 Å². The minimum absolute atomic E-state index is 0.00695. The predicted octanol–water partition coefficient (Wildman–Crippen LogP) is 3.45. The Morgan fingerprint density at radius 1 is 1.08 bits per heavy atom. The Bertz CT molecular complexity index is 693. The van der Waals surface area contributed by atoms with E-state index in [9.17, 15) is 4.79 Å². The summed E-state index contributed by atoms with van der Waals surface area (Å²) in [6, 6.07) is 11.6. The molecule has 1 heterocycles. The van der Waals surface area contributed by atoms with Crippen molar-refractivity contribution in [3.05, 3.63) is 42.0 Å². The number of nitrogens with zero attached hydrogens (tertiary/aromatic N) is 1. The molecule has 0 aromatic heterocycles. The zero-order chi connectivity index (χ0) is 16.8. The molecule has 1 saturated heterocycles. The minimum atomic E-state index is -0.00695. The monoisotopic (exact) mass is 326 g/mol. The Morgan fingerprint density at radius 3 is 2.58 bits per heavy atom. The maximum Gasteiger partial charge on any atom is 0.251 e. The van der Waals surface area contributed by atoms with Crippen molar-refractivity contribution in [1.29, 1.82) is 0 Å². The number of nitrogens with one attached hydrogen (secondary N) is 1. The molecule has 128 valence electrons. The average molecular weight is 326 g/mol. The van der Waals surface area contributed by atoms with Crippen LogP contribution in [0.15, 0.2) is 36.4 Å². The van der Waals surface area contributed by atoms with E-state index < -0.39 is 0 Å². The second-order valence-electron chi connectivity index (χ2n) is 6.37. The van der Waals surface area contributed by atoms with Gasteiger partial charge >= 0.3 is 0 Å². The summed E-state index contributed by atoms with van der Waals surface area (Å²) in [6.07, 6.45) is 4.98. The highest BCUT2D eigenvalue weighted by molar-refractivity contribution is 6.08. The molecule has 0 bridgehead atoms. The number of hydrogen-bond acceptors (Lipinski definition) is 3. The van der Waals surface area contributed by atoms with Gasteiger partial charge in [-0.2, -0.15) is 0 Å². The van der Waals surface area contributed by atoms with Crippen LogP contribution in [0.2, 0.25) is 0 Å². The molecule has 1 amide bonds. The Kier molecular flexibility index (Phi) is 5.70. The number of likely N-dealkylation sites (tertiary alicyclic amines) is 1. The molecular formula is C20H26N2O2. The van der Waals surface area contributed by atoms with Crippen LogP contribution in [0.1, 0.15) is 36.0 Å². The summed E-state index contributed by atoms with van der Waals surface area (Å²) >= 11 is 0. The molecule has 24 heavy (non-hydrogen) atoms. The van der Waals surface area contributed by atoms with Gasteiger partial charge in [-0.1, -0.05) is 30.7 Å². The summed E-state index contributed by atoms with van der Waals surface area (Å²) in [5.74, 6) is 0.791. The van der Waals surface area contributed by atoms with Crippen molar-refractivity contribution >= 4 is 16.7 Å². The van der Waals surface area contributed by atoms with Crippen LogP contribution in [0.5, 0.6) is 5.75 Å². The van der Waals surface area contributed by atoms with Crippen LogP contribution in [0.25, 0.3) is 10.8 Å². The number of amides is 1.